The summed E-state index contributed by atoms with van der Waals surface area (Å²) in [6, 6.07) is 27.2. The van der Waals surface area contributed by atoms with Crippen molar-refractivity contribution in [3.8, 4) is 11.5 Å². The predicted octanol–water partition coefficient (Wildman–Crippen LogP) is 6.02. The van der Waals surface area contributed by atoms with Crippen LogP contribution in [0.1, 0.15) is 33.2 Å². The van der Waals surface area contributed by atoms with E-state index in [4.69, 9.17) is 14.2 Å². The van der Waals surface area contributed by atoms with Gasteiger partial charge >= 0.3 is 5.97 Å². The summed E-state index contributed by atoms with van der Waals surface area (Å²) in [5.41, 5.74) is 1.97. The molecule has 1 atom stereocenters. The van der Waals surface area contributed by atoms with Crippen molar-refractivity contribution in [3.05, 3.63) is 119 Å². The fourth-order valence-corrected chi connectivity index (χ4v) is 5.10. The van der Waals surface area contributed by atoms with Crippen molar-refractivity contribution < 1.29 is 33.4 Å². The Morgan fingerprint density at radius 3 is 2.15 bits per heavy atom. The summed E-state index contributed by atoms with van der Waals surface area (Å²) in [7, 11) is 4.31. The smallest absolute Gasteiger partial charge is 0.339 e. The van der Waals surface area contributed by atoms with Gasteiger partial charge in [-0.15, -0.1) is 11.8 Å². The molecular weight excluding hydrogens is 606 g/mol. The molecule has 0 spiro atoms. The van der Waals surface area contributed by atoms with E-state index in [9.17, 15) is 19.2 Å². The quantitative estimate of drug-likeness (QED) is 0.0975. The highest BCUT2D eigenvalue weighted by Gasteiger charge is 2.20. The molecule has 0 radical (unpaired) electrons. The maximum atomic E-state index is 13.5. The van der Waals surface area contributed by atoms with Crippen LogP contribution in [0.15, 0.2) is 108 Å². The molecule has 0 fully saturated rings. The van der Waals surface area contributed by atoms with Crippen LogP contribution in [0, 0.1) is 0 Å². The zero-order valence-corrected chi connectivity index (χ0v) is 26.5. The minimum Gasteiger partial charge on any atom is -0.497 e. The molecule has 4 rings (SSSR count). The zero-order chi connectivity index (χ0) is 33.1. The lowest BCUT2D eigenvalue weighted by molar-refractivity contribution is -0.115. The second-order valence-electron chi connectivity index (χ2n) is 9.75. The summed E-state index contributed by atoms with van der Waals surface area (Å²) in [5, 5.41) is 7.80. The average Bonchev–Trinajstić information content (AvgIpc) is 3.08. The third kappa shape index (κ3) is 8.76. The fourth-order valence-electron chi connectivity index (χ4n) is 4.24. The molecule has 3 amide bonds. The number of thioether (sulfide) groups is 1. The molecule has 0 aromatic heterocycles. The third-order valence-electron chi connectivity index (χ3n) is 6.65. The van der Waals surface area contributed by atoms with E-state index in [-0.39, 0.29) is 17.2 Å². The highest BCUT2D eigenvalue weighted by molar-refractivity contribution is 8.00. The molecule has 3 N–H and O–H groups in total. The van der Waals surface area contributed by atoms with Crippen molar-refractivity contribution in [2.24, 2.45) is 0 Å². The number of anilines is 2. The van der Waals surface area contributed by atoms with Crippen LogP contribution < -0.4 is 25.4 Å². The van der Waals surface area contributed by atoms with Crippen LogP contribution >= 0.6 is 11.8 Å². The molecule has 4 aromatic carbocycles. The lowest BCUT2D eigenvalue weighted by Crippen LogP contribution is -2.30. The van der Waals surface area contributed by atoms with E-state index in [0.717, 1.165) is 4.90 Å². The van der Waals surface area contributed by atoms with Crippen LogP contribution in [0.5, 0.6) is 11.5 Å². The second kappa shape index (κ2) is 16.0. The van der Waals surface area contributed by atoms with E-state index in [2.05, 4.69) is 16.0 Å². The number of rotatable bonds is 12. The number of carbonyl (C=O) groups excluding carboxylic acids is 4. The van der Waals surface area contributed by atoms with Gasteiger partial charge in [0.1, 0.15) is 17.2 Å². The number of para-hydroxylation sites is 1. The summed E-state index contributed by atoms with van der Waals surface area (Å²) in [5.74, 6) is -0.841. The van der Waals surface area contributed by atoms with Crippen LogP contribution in [-0.4, -0.2) is 50.3 Å². The summed E-state index contributed by atoms with van der Waals surface area (Å²) >= 11 is 1.31. The summed E-state index contributed by atoms with van der Waals surface area (Å²) < 4.78 is 15.6. The number of benzene rings is 4. The van der Waals surface area contributed by atoms with Crippen LogP contribution in [0.4, 0.5) is 11.4 Å². The van der Waals surface area contributed by atoms with Gasteiger partial charge in [-0.25, -0.2) is 4.79 Å². The lowest BCUT2D eigenvalue weighted by atomic mass is 10.1. The van der Waals surface area contributed by atoms with Gasteiger partial charge in [-0.3, -0.25) is 14.4 Å². The standard InChI is InChI=1S/C35H33N3O7S/c1-22(32(39)37-29-13-9-8-12-28(29)35(42)45-4)46-27-17-14-25(15-18-27)36-34(41)30(38-33(40)23-10-6-5-7-11-23)21-24-20-26(43-2)16-19-31(24)44-3/h5-22H,1-4H3,(H,36,41)(H,37,39)(H,38,40)/b30-21-. The Morgan fingerprint density at radius 2 is 1.48 bits per heavy atom. The Bertz CT molecular complexity index is 1740. The summed E-state index contributed by atoms with van der Waals surface area (Å²) in [6.45, 7) is 1.75. The van der Waals surface area contributed by atoms with Crippen molar-refractivity contribution in [1.29, 1.82) is 0 Å². The van der Waals surface area contributed by atoms with Gasteiger partial charge in [0, 0.05) is 21.7 Å². The average molecular weight is 640 g/mol. The molecule has 0 heterocycles. The van der Waals surface area contributed by atoms with Crippen molar-refractivity contribution in [2.75, 3.05) is 32.0 Å². The Labute approximate surface area is 271 Å². The van der Waals surface area contributed by atoms with Crippen molar-refractivity contribution in [3.63, 3.8) is 0 Å². The molecule has 1 unspecified atom stereocenters. The van der Waals surface area contributed by atoms with Crippen LogP contribution in [0.25, 0.3) is 6.08 Å². The number of methoxy groups -OCH3 is 3. The van der Waals surface area contributed by atoms with E-state index < -0.39 is 23.0 Å². The second-order valence-corrected chi connectivity index (χ2v) is 11.2. The molecule has 0 aliphatic heterocycles. The molecule has 0 saturated carbocycles. The molecule has 236 valence electrons. The molecule has 0 saturated heterocycles. The van der Waals surface area contributed by atoms with Gasteiger partial charge in [0.2, 0.25) is 5.91 Å². The predicted molar refractivity (Wildman–Crippen MR) is 178 cm³/mol. The van der Waals surface area contributed by atoms with E-state index in [1.54, 1.807) is 104 Å². The molecule has 0 aliphatic carbocycles. The molecule has 0 bridgehead atoms. The maximum absolute atomic E-state index is 13.5. The minimum atomic E-state index is -0.563. The Morgan fingerprint density at radius 1 is 0.783 bits per heavy atom. The largest absolute Gasteiger partial charge is 0.497 e. The molecule has 4 aromatic rings. The Kier molecular flexibility index (Phi) is 11.6. The highest BCUT2D eigenvalue weighted by Crippen LogP contribution is 2.28. The SMILES string of the molecule is COC(=O)c1ccccc1NC(=O)C(C)Sc1ccc(NC(=O)/C(=C/c2cc(OC)ccc2OC)NC(=O)c2ccccc2)cc1. The number of hydrogen-bond acceptors (Lipinski definition) is 8. The maximum Gasteiger partial charge on any atom is 0.339 e. The molecule has 0 aliphatic rings. The molecule has 10 nitrogen and oxygen atoms in total. The lowest BCUT2D eigenvalue weighted by Gasteiger charge is -2.15. The van der Waals surface area contributed by atoms with Gasteiger partial charge in [-0.05, 0) is 79.7 Å². The topological polar surface area (TPSA) is 132 Å². The third-order valence-corrected chi connectivity index (χ3v) is 7.76. The first-order chi connectivity index (χ1) is 22.2. The first kappa shape index (κ1) is 33.3. The number of hydrogen-bond donors (Lipinski definition) is 3. The minimum absolute atomic E-state index is 0.0172. The van der Waals surface area contributed by atoms with Gasteiger partial charge in [0.05, 0.1) is 37.8 Å². The van der Waals surface area contributed by atoms with Gasteiger partial charge in [0.25, 0.3) is 11.8 Å². The molecular formula is C35H33N3O7S. The van der Waals surface area contributed by atoms with Gasteiger partial charge in [0.15, 0.2) is 0 Å². The first-order valence-corrected chi connectivity index (χ1v) is 15.0. The van der Waals surface area contributed by atoms with Crippen molar-refractivity contribution >= 4 is 52.9 Å². The summed E-state index contributed by atoms with van der Waals surface area (Å²) in [4.78, 5) is 52.2. The number of carbonyl (C=O) groups is 4. The molecule has 11 heteroatoms. The van der Waals surface area contributed by atoms with Crippen LogP contribution in [-0.2, 0) is 14.3 Å². The van der Waals surface area contributed by atoms with Crippen LogP contribution in [0.3, 0.4) is 0 Å². The van der Waals surface area contributed by atoms with Crippen molar-refractivity contribution in [1.82, 2.24) is 5.32 Å². The molecule has 46 heavy (non-hydrogen) atoms. The number of ether oxygens (including phenoxy) is 3. The fraction of sp³-hybridized carbons (Fsp3) is 0.143. The number of nitrogens with one attached hydrogen (secondary N) is 3. The van der Waals surface area contributed by atoms with Gasteiger partial charge in [-0.1, -0.05) is 30.3 Å². The van der Waals surface area contributed by atoms with E-state index in [1.807, 2.05) is 0 Å². The van der Waals surface area contributed by atoms with E-state index in [0.29, 0.717) is 34.0 Å². The normalized spacial score (nSPS) is 11.5. The highest BCUT2D eigenvalue weighted by atomic mass is 32.2. The van der Waals surface area contributed by atoms with E-state index in [1.165, 1.54) is 39.2 Å². The monoisotopic (exact) mass is 639 g/mol. The number of amides is 3. The van der Waals surface area contributed by atoms with Gasteiger partial charge < -0.3 is 30.2 Å². The van der Waals surface area contributed by atoms with E-state index >= 15 is 0 Å². The summed E-state index contributed by atoms with van der Waals surface area (Å²) in [6.07, 6.45) is 1.51. The van der Waals surface area contributed by atoms with Crippen molar-refractivity contribution in [2.45, 2.75) is 17.1 Å². The zero-order valence-electron chi connectivity index (χ0n) is 25.7. The number of esters is 1. The Hall–Kier alpha value is -5.55. The first-order valence-electron chi connectivity index (χ1n) is 14.1. The van der Waals surface area contributed by atoms with Crippen LogP contribution in [0.2, 0.25) is 0 Å². The Balaban J connectivity index is 1.48. The van der Waals surface area contributed by atoms with Gasteiger partial charge in [-0.2, -0.15) is 0 Å².